The van der Waals surface area contributed by atoms with Crippen molar-refractivity contribution < 1.29 is 23.3 Å². The first kappa shape index (κ1) is 32.1. The number of aryl methyl sites for hydroxylation is 1. The molecule has 3 amide bonds. The van der Waals surface area contributed by atoms with Gasteiger partial charge in [0.25, 0.3) is 11.8 Å². The zero-order chi connectivity index (χ0) is 34.7. The summed E-state index contributed by atoms with van der Waals surface area (Å²) in [6.07, 6.45) is 0.407. The van der Waals surface area contributed by atoms with Crippen molar-refractivity contribution in [3.05, 3.63) is 131 Å². The van der Waals surface area contributed by atoms with Gasteiger partial charge < -0.3 is 9.64 Å². The quantitative estimate of drug-likeness (QED) is 0.267. The molecular formula is C38H35N5O5S. The first-order valence-corrected chi connectivity index (χ1v) is 17.4. The summed E-state index contributed by atoms with van der Waals surface area (Å²) in [6, 6.07) is 32.7. The molecule has 3 heterocycles. The minimum atomic E-state index is -2.20. The van der Waals surface area contributed by atoms with E-state index in [1.165, 1.54) is 11.3 Å². The summed E-state index contributed by atoms with van der Waals surface area (Å²) in [7, 11) is -1.97. The molecule has 4 aromatic carbocycles. The van der Waals surface area contributed by atoms with Crippen molar-refractivity contribution in [2.75, 3.05) is 16.2 Å². The largest absolute Gasteiger partial charge is 0.443 e. The van der Waals surface area contributed by atoms with Crippen LogP contribution in [-0.4, -0.2) is 55.3 Å². The van der Waals surface area contributed by atoms with Crippen LogP contribution < -0.4 is 9.91 Å². The van der Waals surface area contributed by atoms with Crippen molar-refractivity contribution in [1.82, 2.24) is 4.90 Å². The van der Waals surface area contributed by atoms with E-state index in [1.807, 2.05) is 67.6 Å². The minimum Gasteiger partial charge on any atom is -0.443 e. The van der Waals surface area contributed by atoms with Gasteiger partial charge in [-0.25, -0.2) is 14.7 Å². The number of nitrogens with zero attached hydrogens (tertiary/aromatic N) is 5. The van der Waals surface area contributed by atoms with E-state index in [4.69, 9.17) is 14.8 Å². The molecule has 10 nitrogen and oxygen atoms in total. The maximum atomic E-state index is 15.7. The van der Waals surface area contributed by atoms with Crippen LogP contribution in [0.15, 0.2) is 119 Å². The molecule has 248 valence electrons. The predicted octanol–water partition coefficient (Wildman–Crippen LogP) is 5.91. The lowest BCUT2D eigenvalue weighted by atomic mass is 9.68. The Labute approximate surface area is 287 Å². The number of hydrogen-bond acceptors (Lipinski definition) is 7. The van der Waals surface area contributed by atoms with E-state index in [9.17, 15) is 9.00 Å². The molecule has 0 saturated carbocycles. The number of amidine groups is 1. The van der Waals surface area contributed by atoms with Gasteiger partial charge in [0, 0.05) is 17.4 Å². The van der Waals surface area contributed by atoms with Gasteiger partial charge in [-0.3, -0.25) is 13.8 Å². The van der Waals surface area contributed by atoms with E-state index in [0.717, 1.165) is 16.0 Å². The zero-order valence-electron chi connectivity index (χ0n) is 27.8. The molecule has 3 aliphatic rings. The molecule has 0 N–H and O–H groups in total. The SMILES string of the molecule is Cc1ccc(C2=NN(c3ccccc3)C(=O)[C@]23N=C([S@](C)=O)N(C(=O)OC(C)(C)C)[C@@]32C(=O)N(Cc3ccccc3)c3ccccc32)cc1. The van der Waals surface area contributed by atoms with Gasteiger partial charge >= 0.3 is 6.09 Å². The molecule has 0 unspecified atom stereocenters. The number of carbonyl (C=O) groups excluding carboxylic acids is 3. The van der Waals surface area contributed by atoms with Gasteiger partial charge in [0.2, 0.25) is 10.7 Å². The summed E-state index contributed by atoms with van der Waals surface area (Å²) < 4.78 is 19.7. The van der Waals surface area contributed by atoms with Crippen molar-refractivity contribution in [3.63, 3.8) is 0 Å². The Hall–Kier alpha value is -5.42. The fourth-order valence-electron chi connectivity index (χ4n) is 6.84. The van der Waals surface area contributed by atoms with Crippen LogP contribution in [0.3, 0.4) is 0 Å². The molecule has 0 radical (unpaired) electrons. The van der Waals surface area contributed by atoms with Gasteiger partial charge in [0.05, 0.1) is 28.7 Å². The Morgan fingerprint density at radius 1 is 0.837 bits per heavy atom. The second-order valence-corrected chi connectivity index (χ2v) is 14.5. The molecular weight excluding hydrogens is 639 g/mol. The van der Waals surface area contributed by atoms with Crippen LogP contribution in [0.4, 0.5) is 16.2 Å². The second kappa shape index (κ2) is 11.6. The third kappa shape index (κ3) is 4.82. The van der Waals surface area contributed by atoms with Gasteiger partial charge in [-0.2, -0.15) is 10.1 Å². The predicted molar refractivity (Wildman–Crippen MR) is 190 cm³/mol. The fourth-order valence-corrected chi connectivity index (χ4v) is 7.57. The normalized spacial score (nSPS) is 22.1. The zero-order valence-corrected chi connectivity index (χ0v) is 28.6. The number of fused-ring (bicyclic) bond motifs is 3. The van der Waals surface area contributed by atoms with E-state index in [2.05, 4.69) is 0 Å². The number of benzene rings is 4. The van der Waals surface area contributed by atoms with Crippen LogP contribution in [-0.2, 0) is 37.2 Å². The Kier molecular flexibility index (Phi) is 7.63. The lowest BCUT2D eigenvalue weighted by molar-refractivity contribution is -0.135. The number of amides is 3. The monoisotopic (exact) mass is 673 g/mol. The Morgan fingerprint density at radius 3 is 2.08 bits per heavy atom. The molecule has 7 rings (SSSR count). The number of hydrogen-bond donors (Lipinski definition) is 0. The van der Waals surface area contributed by atoms with E-state index in [-0.39, 0.29) is 17.4 Å². The summed E-state index contributed by atoms with van der Waals surface area (Å²) in [4.78, 5) is 53.3. The average Bonchev–Trinajstić information content (AvgIpc) is 3.65. The third-order valence-electron chi connectivity index (χ3n) is 8.84. The number of anilines is 2. The molecule has 0 bridgehead atoms. The standard InChI is InChI=1S/C38H35N5O5S/c1-25-20-22-27(23-21-25)31-37(32(44)43(40-31)28-16-10-7-11-17-28)38(42(34(39-37)49(5)47)35(46)48-36(2,3)4)29-18-12-13-19-30(29)41(33(38)45)24-26-14-8-6-9-15-26/h6-23H,24H2,1-5H3/t37-,38+,49+/m1/s1. The molecule has 0 fully saturated rings. The Balaban J connectivity index is 1.59. The number of aliphatic imine (C=N–C) groups is 1. The van der Waals surface area contributed by atoms with Crippen molar-refractivity contribution in [2.45, 2.75) is 50.9 Å². The highest BCUT2D eigenvalue weighted by molar-refractivity contribution is 7.99. The van der Waals surface area contributed by atoms with Gasteiger partial charge in [0.15, 0.2) is 5.54 Å². The second-order valence-electron chi connectivity index (χ2n) is 13.2. The van der Waals surface area contributed by atoms with Gasteiger partial charge in [-0.15, -0.1) is 0 Å². The molecule has 49 heavy (non-hydrogen) atoms. The van der Waals surface area contributed by atoms with Crippen molar-refractivity contribution >= 4 is 51.0 Å². The molecule has 0 aromatic heterocycles. The summed E-state index contributed by atoms with van der Waals surface area (Å²) in [5.41, 5.74) is -1.70. The highest BCUT2D eigenvalue weighted by Crippen LogP contribution is 2.59. The first-order chi connectivity index (χ1) is 23.4. The van der Waals surface area contributed by atoms with Crippen molar-refractivity contribution in [1.29, 1.82) is 0 Å². The summed E-state index contributed by atoms with van der Waals surface area (Å²) >= 11 is 0. The number of hydrazone groups is 1. The van der Waals surface area contributed by atoms with Gasteiger partial charge in [-0.05, 0) is 51.5 Å². The summed E-state index contributed by atoms with van der Waals surface area (Å²) in [5.74, 6) is -1.27. The molecule has 2 spiro atoms. The highest BCUT2D eigenvalue weighted by Gasteiger charge is 2.80. The number of carbonyl (C=O) groups is 3. The Bertz CT molecular complexity index is 2080. The molecule has 3 atom stereocenters. The van der Waals surface area contributed by atoms with Gasteiger partial charge in [0.1, 0.15) is 11.3 Å². The maximum absolute atomic E-state index is 15.7. The van der Waals surface area contributed by atoms with Gasteiger partial charge in [-0.1, -0.05) is 96.6 Å². The van der Waals surface area contributed by atoms with E-state index in [0.29, 0.717) is 22.5 Å². The van der Waals surface area contributed by atoms with Crippen LogP contribution in [0, 0.1) is 6.92 Å². The highest BCUT2D eigenvalue weighted by atomic mass is 32.2. The van der Waals surface area contributed by atoms with Crippen LogP contribution in [0.5, 0.6) is 0 Å². The van der Waals surface area contributed by atoms with E-state index in [1.54, 1.807) is 74.2 Å². The van der Waals surface area contributed by atoms with Crippen LogP contribution in [0.2, 0.25) is 0 Å². The number of rotatable bonds is 4. The fraction of sp³-hybridized carbons (Fsp3) is 0.237. The van der Waals surface area contributed by atoms with E-state index < -0.39 is 45.4 Å². The third-order valence-corrected chi connectivity index (χ3v) is 9.63. The Morgan fingerprint density at radius 2 is 1.45 bits per heavy atom. The molecule has 0 saturated heterocycles. The molecule has 11 heteroatoms. The molecule has 3 aliphatic heterocycles. The number of ether oxygens (including phenoxy) is 1. The van der Waals surface area contributed by atoms with Crippen molar-refractivity contribution in [2.24, 2.45) is 10.1 Å². The smallest absolute Gasteiger partial charge is 0.417 e. The summed E-state index contributed by atoms with van der Waals surface area (Å²) in [6.45, 7) is 7.17. The number of para-hydroxylation sites is 2. The van der Waals surface area contributed by atoms with Crippen molar-refractivity contribution in [3.8, 4) is 0 Å². The van der Waals surface area contributed by atoms with E-state index >= 15 is 9.59 Å². The molecule has 0 aliphatic carbocycles. The van der Waals surface area contributed by atoms with Crippen LogP contribution in [0.25, 0.3) is 0 Å². The van der Waals surface area contributed by atoms with Crippen LogP contribution in [0.1, 0.15) is 43.0 Å². The topological polar surface area (TPSA) is 112 Å². The first-order valence-electron chi connectivity index (χ1n) is 15.9. The average molecular weight is 674 g/mol. The van der Waals surface area contributed by atoms with Crippen LogP contribution >= 0.6 is 0 Å². The molecule has 4 aromatic rings. The lowest BCUT2D eigenvalue weighted by Crippen LogP contribution is -2.69. The summed E-state index contributed by atoms with van der Waals surface area (Å²) in [5, 5.41) is 5.88. The minimum absolute atomic E-state index is 0.134. The maximum Gasteiger partial charge on any atom is 0.417 e. The lowest BCUT2D eigenvalue weighted by Gasteiger charge is -2.42.